The van der Waals surface area contributed by atoms with Crippen molar-refractivity contribution in [3.63, 3.8) is 0 Å². The summed E-state index contributed by atoms with van der Waals surface area (Å²) in [5.74, 6) is 0.304. The lowest BCUT2D eigenvalue weighted by atomic mass is 9.92. The summed E-state index contributed by atoms with van der Waals surface area (Å²) >= 11 is 0. The van der Waals surface area contributed by atoms with Crippen molar-refractivity contribution in [2.75, 3.05) is 6.61 Å². The molecular weight excluding hydrogens is 298 g/mol. The van der Waals surface area contributed by atoms with Gasteiger partial charge in [-0.05, 0) is 32.8 Å². The summed E-state index contributed by atoms with van der Waals surface area (Å²) in [6.45, 7) is 4.53. The van der Waals surface area contributed by atoms with Gasteiger partial charge in [0, 0.05) is 12.5 Å². The number of allylic oxidation sites excluding steroid dienone is 3. The summed E-state index contributed by atoms with van der Waals surface area (Å²) < 4.78 is 5.63. The smallest absolute Gasteiger partial charge is 0.225 e. The summed E-state index contributed by atoms with van der Waals surface area (Å²) in [6.07, 6.45) is 21.1. The van der Waals surface area contributed by atoms with Crippen LogP contribution in [0.4, 0.5) is 0 Å². The fourth-order valence-corrected chi connectivity index (χ4v) is 3.28. The number of hydrogen-bond donors (Lipinski definition) is 1. The third-order valence-electron chi connectivity index (χ3n) is 4.70. The number of amides is 1. The lowest BCUT2D eigenvalue weighted by molar-refractivity contribution is -0.128. The number of carbonyl (C=O) groups is 1. The van der Waals surface area contributed by atoms with E-state index in [0.717, 1.165) is 12.8 Å². The Kier molecular flexibility index (Phi) is 12.5. The average molecular weight is 336 g/mol. The second-order valence-corrected chi connectivity index (χ2v) is 6.75. The van der Waals surface area contributed by atoms with Crippen molar-refractivity contribution in [1.29, 1.82) is 0 Å². The van der Waals surface area contributed by atoms with Gasteiger partial charge in [-0.1, -0.05) is 76.0 Å². The Balaban J connectivity index is 2.54. The highest BCUT2D eigenvalue weighted by Crippen LogP contribution is 2.21. The van der Waals surface area contributed by atoms with Crippen LogP contribution in [0.2, 0.25) is 0 Å². The molecule has 3 heteroatoms. The fourth-order valence-electron chi connectivity index (χ4n) is 3.28. The molecule has 0 heterocycles. The molecule has 0 bridgehead atoms. The number of carbonyl (C=O) groups excluding carboxylic acids is 1. The van der Waals surface area contributed by atoms with Gasteiger partial charge in [0.15, 0.2) is 0 Å². The van der Waals surface area contributed by atoms with E-state index in [1.807, 2.05) is 38.2 Å². The highest BCUT2D eigenvalue weighted by Gasteiger charge is 2.20. The van der Waals surface area contributed by atoms with Gasteiger partial charge >= 0.3 is 0 Å². The molecular formula is C21H37NO2. The number of hydrogen-bond acceptors (Lipinski definition) is 2. The molecule has 1 saturated carbocycles. The molecule has 1 aliphatic rings. The quantitative estimate of drug-likeness (QED) is 0.513. The molecule has 1 N–H and O–H groups in total. The van der Waals surface area contributed by atoms with Gasteiger partial charge in [0.1, 0.15) is 6.23 Å². The molecule has 0 aliphatic heterocycles. The second kappa shape index (κ2) is 14.3. The van der Waals surface area contributed by atoms with Gasteiger partial charge < -0.3 is 10.1 Å². The fraction of sp³-hybridized carbons (Fsp3) is 0.762. The van der Waals surface area contributed by atoms with Crippen molar-refractivity contribution >= 4 is 5.91 Å². The molecule has 0 saturated heterocycles. The van der Waals surface area contributed by atoms with Gasteiger partial charge in [0.25, 0.3) is 0 Å². The molecule has 1 rings (SSSR count). The Labute approximate surface area is 148 Å². The highest BCUT2D eigenvalue weighted by atomic mass is 16.5. The Morgan fingerprint density at radius 1 is 1.00 bits per heavy atom. The lowest BCUT2D eigenvalue weighted by Gasteiger charge is -2.21. The van der Waals surface area contributed by atoms with Crippen LogP contribution in [-0.2, 0) is 9.53 Å². The van der Waals surface area contributed by atoms with E-state index < -0.39 is 0 Å². The number of nitrogens with one attached hydrogen (secondary N) is 1. The van der Waals surface area contributed by atoms with Crippen LogP contribution in [0.1, 0.15) is 84.5 Å². The molecule has 0 radical (unpaired) electrons. The van der Waals surface area contributed by atoms with Gasteiger partial charge in [-0.25, -0.2) is 0 Å². The summed E-state index contributed by atoms with van der Waals surface area (Å²) in [4.78, 5) is 12.7. The van der Waals surface area contributed by atoms with Crippen molar-refractivity contribution in [3.8, 4) is 0 Å². The molecule has 0 aromatic heterocycles. The molecule has 1 amide bonds. The zero-order chi connectivity index (χ0) is 17.5. The monoisotopic (exact) mass is 335 g/mol. The Morgan fingerprint density at radius 3 is 2.04 bits per heavy atom. The molecule has 0 spiro atoms. The van der Waals surface area contributed by atoms with Gasteiger partial charge in [-0.3, -0.25) is 4.79 Å². The molecule has 1 aliphatic carbocycles. The maximum absolute atomic E-state index is 12.7. The molecule has 1 unspecified atom stereocenters. The van der Waals surface area contributed by atoms with Crippen molar-refractivity contribution in [2.45, 2.75) is 90.7 Å². The molecule has 138 valence electrons. The van der Waals surface area contributed by atoms with E-state index in [4.69, 9.17) is 4.74 Å². The average Bonchev–Trinajstić information content (AvgIpc) is 2.55. The van der Waals surface area contributed by atoms with E-state index in [0.29, 0.717) is 6.61 Å². The van der Waals surface area contributed by atoms with Crippen LogP contribution >= 0.6 is 0 Å². The normalized spacial score (nSPS) is 20.6. The molecule has 1 fully saturated rings. The first-order valence-electron chi connectivity index (χ1n) is 9.99. The van der Waals surface area contributed by atoms with Crippen molar-refractivity contribution < 1.29 is 9.53 Å². The van der Waals surface area contributed by atoms with Crippen LogP contribution in [0.5, 0.6) is 0 Å². The van der Waals surface area contributed by atoms with Crippen molar-refractivity contribution in [2.24, 2.45) is 5.92 Å². The minimum absolute atomic E-state index is 0.141. The maximum Gasteiger partial charge on any atom is 0.225 e. The van der Waals surface area contributed by atoms with Crippen LogP contribution in [0.3, 0.4) is 0 Å². The topological polar surface area (TPSA) is 38.3 Å². The molecule has 3 nitrogen and oxygen atoms in total. The molecule has 0 aromatic carbocycles. The molecule has 1 atom stereocenters. The first-order valence-corrected chi connectivity index (χ1v) is 9.99. The SMILES string of the molecule is CC=CC=CC(NC(=O)C1CCCCCCCCCCC1)OCC. The van der Waals surface area contributed by atoms with E-state index in [1.54, 1.807) is 0 Å². The van der Waals surface area contributed by atoms with E-state index >= 15 is 0 Å². The summed E-state index contributed by atoms with van der Waals surface area (Å²) in [6, 6.07) is 0. The van der Waals surface area contributed by atoms with Crippen molar-refractivity contribution in [1.82, 2.24) is 5.32 Å². The number of rotatable bonds is 6. The first kappa shape index (κ1) is 21.0. The van der Waals surface area contributed by atoms with Gasteiger partial charge in [0.2, 0.25) is 5.91 Å². The Bertz CT molecular complexity index is 364. The summed E-state index contributed by atoms with van der Waals surface area (Å²) in [5, 5.41) is 3.08. The minimum atomic E-state index is -0.319. The Hall–Kier alpha value is -1.09. The van der Waals surface area contributed by atoms with Crippen LogP contribution in [0, 0.1) is 5.92 Å². The Morgan fingerprint density at radius 2 is 1.54 bits per heavy atom. The molecule has 24 heavy (non-hydrogen) atoms. The van der Waals surface area contributed by atoms with Crippen LogP contribution in [-0.4, -0.2) is 18.7 Å². The standard InChI is InChI=1S/C21H37NO2/c1-3-5-13-18-20(24-4-2)22-21(23)19-16-14-11-9-7-6-8-10-12-15-17-19/h3,5,13,18-20H,4,6-12,14-17H2,1-2H3,(H,22,23). The molecule has 0 aromatic rings. The zero-order valence-electron chi connectivity index (χ0n) is 15.8. The van der Waals surface area contributed by atoms with Crippen LogP contribution in [0.15, 0.2) is 24.3 Å². The van der Waals surface area contributed by atoms with E-state index in [-0.39, 0.29) is 18.1 Å². The predicted molar refractivity (Wildman–Crippen MR) is 102 cm³/mol. The third kappa shape index (κ3) is 9.92. The summed E-state index contributed by atoms with van der Waals surface area (Å²) in [7, 11) is 0. The van der Waals surface area contributed by atoms with Gasteiger partial charge in [-0.2, -0.15) is 0 Å². The second-order valence-electron chi connectivity index (χ2n) is 6.75. The minimum Gasteiger partial charge on any atom is -0.355 e. The lowest BCUT2D eigenvalue weighted by Crippen LogP contribution is -2.39. The number of ether oxygens (including phenoxy) is 1. The first-order chi connectivity index (χ1) is 11.8. The van der Waals surface area contributed by atoms with E-state index in [2.05, 4.69) is 5.32 Å². The zero-order valence-corrected chi connectivity index (χ0v) is 15.8. The highest BCUT2D eigenvalue weighted by molar-refractivity contribution is 5.79. The van der Waals surface area contributed by atoms with Crippen LogP contribution in [0.25, 0.3) is 0 Å². The predicted octanol–water partition coefficient (Wildman–Crippen LogP) is 5.52. The largest absolute Gasteiger partial charge is 0.355 e. The summed E-state index contributed by atoms with van der Waals surface area (Å²) in [5.41, 5.74) is 0. The maximum atomic E-state index is 12.7. The third-order valence-corrected chi connectivity index (χ3v) is 4.70. The van der Waals surface area contributed by atoms with Crippen molar-refractivity contribution in [3.05, 3.63) is 24.3 Å². The van der Waals surface area contributed by atoms with E-state index in [1.165, 1.54) is 57.8 Å². The van der Waals surface area contributed by atoms with Crippen LogP contribution < -0.4 is 5.32 Å². The van der Waals surface area contributed by atoms with Gasteiger partial charge in [-0.15, -0.1) is 0 Å². The van der Waals surface area contributed by atoms with Gasteiger partial charge in [0.05, 0.1) is 0 Å². The van der Waals surface area contributed by atoms with E-state index in [9.17, 15) is 4.79 Å².